The Labute approximate surface area is 126 Å². The Morgan fingerprint density at radius 3 is 2.60 bits per heavy atom. The van der Waals surface area contributed by atoms with Gasteiger partial charge in [-0.2, -0.15) is 0 Å². The predicted octanol–water partition coefficient (Wildman–Crippen LogP) is 3.73. The van der Waals surface area contributed by atoms with Gasteiger partial charge in [0.15, 0.2) is 0 Å². The molecule has 0 fully saturated rings. The van der Waals surface area contributed by atoms with Gasteiger partial charge in [0.25, 0.3) is 0 Å². The Balaban J connectivity index is 2.27. The number of nitrogens with one attached hydrogen (secondary N) is 2. The van der Waals surface area contributed by atoms with Crippen LogP contribution in [-0.4, -0.2) is 23.6 Å². The van der Waals surface area contributed by atoms with Crippen molar-refractivity contribution in [2.75, 3.05) is 24.3 Å². The maximum absolute atomic E-state index is 5.24. The SMILES string of the molecule is CCNc1cc(Nc2cc(Br)cc(OC)c2)nc(C)n1. The monoisotopic (exact) mass is 336 g/mol. The van der Waals surface area contributed by atoms with Gasteiger partial charge in [0.1, 0.15) is 23.2 Å². The number of ether oxygens (including phenoxy) is 1. The molecule has 6 heteroatoms. The molecule has 0 unspecified atom stereocenters. The number of rotatable bonds is 5. The smallest absolute Gasteiger partial charge is 0.136 e. The summed E-state index contributed by atoms with van der Waals surface area (Å²) >= 11 is 3.46. The van der Waals surface area contributed by atoms with Crippen LogP contribution in [0.15, 0.2) is 28.7 Å². The van der Waals surface area contributed by atoms with E-state index < -0.39 is 0 Å². The number of hydrogen-bond donors (Lipinski definition) is 2. The van der Waals surface area contributed by atoms with Crippen LogP contribution in [0, 0.1) is 6.92 Å². The van der Waals surface area contributed by atoms with Crippen LogP contribution in [0.25, 0.3) is 0 Å². The summed E-state index contributed by atoms with van der Waals surface area (Å²) in [7, 11) is 1.64. The third kappa shape index (κ3) is 3.84. The van der Waals surface area contributed by atoms with E-state index in [1.807, 2.05) is 38.1 Å². The first kappa shape index (κ1) is 14.6. The summed E-state index contributed by atoms with van der Waals surface area (Å²) in [6, 6.07) is 7.66. The van der Waals surface area contributed by atoms with Crippen molar-refractivity contribution in [2.45, 2.75) is 13.8 Å². The van der Waals surface area contributed by atoms with Gasteiger partial charge in [0.2, 0.25) is 0 Å². The van der Waals surface area contributed by atoms with Crippen LogP contribution in [0.4, 0.5) is 17.3 Å². The zero-order valence-electron chi connectivity index (χ0n) is 11.7. The van der Waals surface area contributed by atoms with Gasteiger partial charge in [0.05, 0.1) is 7.11 Å². The first-order valence-corrected chi connectivity index (χ1v) is 7.11. The molecule has 0 aliphatic rings. The molecule has 0 bridgehead atoms. The van der Waals surface area contributed by atoms with Crippen LogP contribution in [0.5, 0.6) is 5.75 Å². The van der Waals surface area contributed by atoms with E-state index in [1.54, 1.807) is 7.11 Å². The zero-order valence-corrected chi connectivity index (χ0v) is 13.3. The van der Waals surface area contributed by atoms with E-state index in [1.165, 1.54) is 0 Å². The summed E-state index contributed by atoms with van der Waals surface area (Å²) in [5, 5.41) is 6.44. The van der Waals surface area contributed by atoms with Crippen molar-refractivity contribution in [3.63, 3.8) is 0 Å². The highest BCUT2D eigenvalue weighted by Gasteiger charge is 2.04. The minimum Gasteiger partial charge on any atom is -0.497 e. The van der Waals surface area contributed by atoms with Crippen molar-refractivity contribution >= 4 is 33.3 Å². The van der Waals surface area contributed by atoms with Gasteiger partial charge < -0.3 is 15.4 Å². The van der Waals surface area contributed by atoms with Crippen LogP contribution < -0.4 is 15.4 Å². The number of hydrogen-bond acceptors (Lipinski definition) is 5. The molecule has 0 saturated carbocycles. The maximum atomic E-state index is 5.24. The topological polar surface area (TPSA) is 59.1 Å². The standard InChI is InChI=1S/C14H17BrN4O/c1-4-16-13-8-14(18-9(2)17-13)19-11-5-10(15)6-12(7-11)20-3/h5-8H,4H2,1-3H3,(H2,16,17,18,19). The van der Waals surface area contributed by atoms with Crippen LogP contribution in [0.3, 0.4) is 0 Å². The molecule has 5 nitrogen and oxygen atoms in total. The van der Waals surface area contributed by atoms with Crippen molar-refractivity contribution in [1.82, 2.24) is 9.97 Å². The summed E-state index contributed by atoms with van der Waals surface area (Å²) in [6.45, 7) is 4.72. The number of benzene rings is 1. The van der Waals surface area contributed by atoms with Crippen LogP contribution in [0.2, 0.25) is 0 Å². The second-order valence-corrected chi connectivity index (χ2v) is 5.14. The van der Waals surface area contributed by atoms with E-state index in [0.29, 0.717) is 5.82 Å². The molecule has 2 rings (SSSR count). The Hall–Kier alpha value is -1.82. The molecule has 0 saturated heterocycles. The van der Waals surface area contributed by atoms with E-state index >= 15 is 0 Å². The van der Waals surface area contributed by atoms with E-state index in [4.69, 9.17) is 4.74 Å². The molecule has 0 aliphatic carbocycles. The molecule has 20 heavy (non-hydrogen) atoms. The van der Waals surface area contributed by atoms with Gasteiger partial charge in [-0.25, -0.2) is 9.97 Å². The highest BCUT2D eigenvalue weighted by molar-refractivity contribution is 9.10. The van der Waals surface area contributed by atoms with Crippen LogP contribution >= 0.6 is 15.9 Å². The Kier molecular flexibility index (Phi) is 4.79. The molecule has 1 aromatic heterocycles. The average Bonchev–Trinajstić information content (AvgIpc) is 2.37. The van der Waals surface area contributed by atoms with Crippen LogP contribution in [0.1, 0.15) is 12.7 Å². The fourth-order valence-electron chi connectivity index (χ4n) is 1.80. The highest BCUT2D eigenvalue weighted by atomic mass is 79.9. The Morgan fingerprint density at radius 2 is 1.90 bits per heavy atom. The summed E-state index contributed by atoms with van der Waals surface area (Å²) in [6.07, 6.45) is 0. The predicted molar refractivity (Wildman–Crippen MR) is 84.9 cm³/mol. The van der Waals surface area contributed by atoms with Crippen molar-refractivity contribution in [2.24, 2.45) is 0 Å². The Bertz CT molecular complexity index is 604. The fraction of sp³-hybridized carbons (Fsp3) is 0.286. The number of nitrogens with zero attached hydrogens (tertiary/aromatic N) is 2. The summed E-state index contributed by atoms with van der Waals surface area (Å²) < 4.78 is 6.19. The van der Waals surface area contributed by atoms with Gasteiger partial charge in [-0.15, -0.1) is 0 Å². The molecule has 106 valence electrons. The third-order valence-electron chi connectivity index (χ3n) is 2.58. The van der Waals surface area contributed by atoms with E-state index in [2.05, 4.69) is 36.5 Å². The Morgan fingerprint density at radius 1 is 1.15 bits per heavy atom. The number of anilines is 3. The molecule has 1 heterocycles. The van der Waals surface area contributed by atoms with Gasteiger partial charge in [-0.05, 0) is 26.0 Å². The largest absolute Gasteiger partial charge is 0.497 e. The number of aryl methyl sites for hydroxylation is 1. The van der Waals surface area contributed by atoms with Crippen molar-refractivity contribution < 1.29 is 4.74 Å². The molecule has 2 N–H and O–H groups in total. The lowest BCUT2D eigenvalue weighted by Gasteiger charge is -2.10. The van der Waals surface area contributed by atoms with Crippen LogP contribution in [-0.2, 0) is 0 Å². The third-order valence-corrected chi connectivity index (χ3v) is 3.03. The minimum absolute atomic E-state index is 0.716. The van der Waals surface area contributed by atoms with E-state index in [0.717, 1.165) is 34.1 Å². The fourth-order valence-corrected chi connectivity index (χ4v) is 2.28. The highest BCUT2D eigenvalue weighted by Crippen LogP contribution is 2.26. The molecular weight excluding hydrogens is 320 g/mol. The second kappa shape index (κ2) is 6.56. The average molecular weight is 337 g/mol. The molecule has 0 spiro atoms. The molecule has 0 aliphatic heterocycles. The molecule has 2 aromatic rings. The number of aromatic nitrogens is 2. The maximum Gasteiger partial charge on any atom is 0.136 e. The second-order valence-electron chi connectivity index (χ2n) is 4.22. The van der Waals surface area contributed by atoms with E-state index in [9.17, 15) is 0 Å². The first-order chi connectivity index (χ1) is 9.60. The normalized spacial score (nSPS) is 10.2. The lowest BCUT2D eigenvalue weighted by molar-refractivity contribution is 0.415. The molecule has 1 aromatic carbocycles. The number of halogens is 1. The molecule has 0 amide bonds. The van der Waals surface area contributed by atoms with Crippen molar-refractivity contribution in [3.8, 4) is 5.75 Å². The van der Waals surface area contributed by atoms with Gasteiger partial charge in [-0.3, -0.25) is 0 Å². The summed E-state index contributed by atoms with van der Waals surface area (Å²) in [5.74, 6) is 3.05. The molecule has 0 atom stereocenters. The lowest BCUT2D eigenvalue weighted by Crippen LogP contribution is -2.04. The van der Waals surface area contributed by atoms with Crippen molar-refractivity contribution in [1.29, 1.82) is 0 Å². The quantitative estimate of drug-likeness (QED) is 0.871. The van der Waals surface area contributed by atoms with Gasteiger partial charge in [0, 0.05) is 28.8 Å². The minimum atomic E-state index is 0.716. The summed E-state index contributed by atoms with van der Waals surface area (Å²) in [5.41, 5.74) is 0.900. The van der Waals surface area contributed by atoms with E-state index in [-0.39, 0.29) is 0 Å². The summed E-state index contributed by atoms with van der Waals surface area (Å²) in [4.78, 5) is 8.70. The number of methoxy groups -OCH3 is 1. The molecule has 0 radical (unpaired) electrons. The zero-order chi connectivity index (χ0) is 14.5. The van der Waals surface area contributed by atoms with Gasteiger partial charge in [-0.1, -0.05) is 15.9 Å². The molecular formula is C14H17BrN4O. The van der Waals surface area contributed by atoms with Gasteiger partial charge >= 0.3 is 0 Å². The first-order valence-electron chi connectivity index (χ1n) is 6.32. The lowest BCUT2D eigenvalue weighted by atomic mass is 10.3. The van der Waals surface area contributed by atoms with Crippen molar-refractivity contribution in [3.05, 3.63) is 34.6 Å².